The largest absolute Gasteiger partial charge is 0.419 e. The summed E-state index contributed by atoms with van der Waals surface area (Å²) in [4.78, 5) is 0. The predicted molar refractivity (Wildman–Crippen MR) is 80.1 cm³/mol. The average Bonchev–Trinajstić information content (AvgIpc) is 3.09. The molecule has 1 saturated carbocycles. The van der Waals surface area contributed by atoms with Crippen molar-refractivity contribution in [3.05, 3.63) is 36.0 Å². The lowest BCUT2D eigenvalue weighted by atomic mass is 10.2. The van der Waals surface area contributed by atoms with Crippen LogP contribution in [0.25, 0.3) is 11.5 Å². The van der Waals surface area contributed by atoms with E-state index in [0.29, 0.717) is 23.4 Å². The summed E-state index contributed by atoms with van der Waals surface area (Å²) in [5, 5.41) is 20.6. The second kappa shape index (κ2) is 5.73. The second-order valence-electron chi connectivity index (χ2n) is 5.35. The highest BCUT2D eigenvalue weighted by molar-refractivity contribution is 7.99. The quantitative estimate of drug-likeness (QED) is 0.664. The molecule has 9 heteroatoms. The van der Waals surface area contributed by atoms with Gasteiger partial charge in [-0.3, -0.25) is 0 Å². The van der Waals surface area contributed by atoms with E-state index in [1.54, 1.807) is 12.1 Å². The second-order valence-corrected chi connectivity index (χ2v) is 6.66. The molecule has 1 fully saturated rings. The van der Waals surface area contributed by atoms with Crippen LogP contribution in [0, 0.1) is 5.82 Å². The Bertz CT molecular complexity index is 813. The number of tetrazole rings is 1. The maximum atomic E-state index is 13.0. The Morgan fingerprint density at radius 2 is 2.00 bits per heavy atom. The average molecular weight is 332 g/mol. The van der Waals surface area contributed by atoms with E-state index in [9.17, 15) is 4.39 Å². The van der Waals surface area contributed by atoms with Gasteiger partial charge in [-0.1, -0.05) is 11.8 Å². The number of hydrogen-bond donors (Lipinski definition) is 0. The number of halogens is 1. The molecule has 3 aromatic rings. The summed E-state index contributed by atoms with van der Waals surface area (Å²) in [5.41, 5.74) is 0.685. The minimum absolute atomic E-state index is 0.0831. The minimum Gasteiger partial charge on any atom is -0.419 e. The SMILES string of the molecule is C[C@@H](Sc1nnnn1C1CC1)c1nnc(-c2ccc(F)cc2)o1. The zero-order valence-corrected chi connectivity index (χ0v) is 13.1. The molecule has 0 N–H and O–H groups in total. The van der Waals surface area contributed by atoms with Gasteiger partial charge in [-0.2, -0.15) is 0 Å². The topological polar surface area (TPSA) is 82.5 Å². The first kappa shape index (κ1) is 14.3. The molecule has 1 atom stereocenters. The van der Waals surface area contributed by atoms with Gasteiger partial charge in [-0.15, -0.1) is 15.3 Å². The third kappa shape index (κ3) is 2.96. The number of thioether (sulfide) groups is 1. The van der Waals surface area contributed by atoms with Gasteiger partial charge in [0.25, 0.3) is 0 Å². The molecule has 0 unspecified atom stereocenters. The van der Waals surface area contributed by atoms with Crippen molar-refractivity contribution in [2.24, 2.45) is 0 Å². The van der Waals surface area contributed by atoms with E-state index in [4.69, 9.17) is 4.42 Å². The van der Waals surface area contributed by atoms with Crippen molar-refractivity contribution in [3.63, 3.8) is 0 Å². The summed E-state index contributed by atoms with van der Waals surface area (Å²) < 4.78 is 20.5. The molecule has 7 nitrogen and oxygen atoms in total. The molecule has 0 aliphatic heterocycles. The molecule has 0 bridgehead atoms. The van der Waals surface area contributed by atoms with E-state index in [-0.39, 0.29) is 11.1 Å². The van der Waals surface area contributed by atoms with Crippen molar-refractivity contribution < 1.29 is 8.81 Å². The van der Waals surface area contributed by atoms with Crippen LogP contribution in [-0.2, 0) is 0 Å². The summed E-state index contributed by atoms with van der Waals surface area (Å²) in [7, 11) is 0. The van der Waals surface area contributed by atoms with Crippen LogP contribution in [0.4, 0.5) is 4.39 Å². The third-order valence-corrected chi connectivity index (χ3v) is 4.55. The van der Waals surface area contributed by atoms with Gasteiger partial charge in [-0.25, -0.2) is 9.07 Å². The lowest BCUT2D eigenvalue weighted by Crippen LogP contribution is -2.00. The Kier molecular flexibility index (Phi) is 3.56. The molecule has 0 radical (unpaired) electrons. The maximum Gasteiger partial charge on any atom is 0.247 e. The molecule has 2 aromatic heterocycles. The van der Waals surface area contributed by atoms with E-state index in [2.05, 4.69) is 25.7 Å². The number of rotatable bonds is 5. The van der Waals surface area contributed by atoms with E-state index in [0.717, 1.165) is 18.0 Å². The zero-order valence-electron chi connectivity index (χ0n) is 12.3. The first-order valence-corrected chi connectivity index (χ1v) is 8.12. The molecule has 1 aromatic carbocycles. The van der Waals surface area contributed by atoms with Crippen LogP contribution in [0.15, 0.2) is 33.8 Å². The zero-order chi connectivity index (χ0) is 15.8. The van der Waals surface area contributed by atoms with Crippen LogP contribution in [0.1, 0.15) is 36.9 Å². The van der Waals surface area contributed by atoms with Gasteiger partial charge in [0.2, 0.25) is 16.9 Å². The Balaban J connectivity index is 1.51. The summed E-state index contributed by atoms with van der Waals surface area (Å²) >= 11 is 1.48. The van der Waals surface area contributed by atoms with Crippen LogP contribution in [0.5, 0.6) is 0 Å². The molecule has 0 spiro atoms. The normalized spacial score (nSPS) is 15.7. The number of hydrogen-bond acceptors (Lipinski definition) is 7. The monoisotopic (exact) mass is 332 g/mol. The van der Waals surface area contributed by atoms with Gasteiger partial charge in [0.05, 0.1) is 11.3 Å². The molecule has 1 aliphatic carbocycles. The van der Waals surface area contributed by atoms with Crippen LogP contribution < -0.4 is 0 Å². The maximum absolute atomic E-state index is 13.0. The Hall–Kier alpha value is -2.29. The number of nitrogens with zero attached hydrogens (tertiary/aromatic N) is 6. The van der Waals surface area contributed by atoms with Gasteiger partial charge in [0, 0.05) is 5.56 Å². The Morgan fingerprint density at radius 1 is 1.22 bits per heavy atom. The van der Waals surface area contributed by atoms with Crippen LogP contribution in [0.3, 0.4) is 0 Å². The molecule has 23 heavy (non-hydrogen) atoms. The van der Waals surface area contributed by atoms with E-state index >= 15 is 0 Å². The van der Waals surface area contributed by atoms with Gasteiger partial charge >= 0.3 is 0 Å². The number of benzene rings is 1. The Morgan fingerprint density at radius 3 is 2.74 bits per heavy atom. The van der Waals surface area contributed by atoms with Crippen molar-refractivity contribution in [2.45, 2.75) is 36.2 Å². The molecule has 4 rings (SSSR count). The van der Waals surface area contributed by atoms with Crippen molar-refractivity contribution in [3.8, 4) is 11.5 Å². The smallest absolute Gasteiger partial charge is 0.247 e. The molecule has 0 saturated heterocycles. The van der Waals surface area contributed by atoms with E-state index in [1.807, 2.05) is 11.6 Å². The molecule has 1 aliphatic rings. The highest BCUT2D eigenvalue weighted by Gasteiger charge is 2.29. The summed E-state index contributed by atoms with van der Waals surface area (Å²) in [6.07, 6.45) is 2.23. The summed E-state index contributed by atoms with van der Waals surface area (Å²) in [5.74, 6) is 0.554. The number of aromatic nitrogens is 6. The molecular weight excluding hydrogens is 319 g/mol. The van der Waals surface area contributed by atoms with Gasteiger partial charge < -0.3 is 4.42 Å². The third-order valence-electron chi connectivity index (χ3n) is 3.52. The first-order chi connectivity index (χ1) is 11.2. The fourth-order valence-electron chi connectivity index (χ4n) is 2.13. The van der Waals surface area contributed by atoms with Crippen molar-refractivity contribution in [2.75, 3.05) is 0 Å². The predicted octanol–water partition coefficient (Wildman–Crippen LogP) is 3.05. The van der Waals surface area contributed by atoms with Crippen LogP contribution in [-0.4, -0.2) is 30.4 Å². The molecular formula is C14H13FN6OS. The lowest BCUT2D eigenvalue weighted by molar-refractivity contribution is 0.507. The van der Waals surface area contributed by atoms with Crippen molar-refractivity contribution >= 4 is 11.8 Å². The van der Waals surface area contributed by atoms with Crippen LogP contribution in [0.2, 0.25) is 0 Å². The van der Waals surface area contributed by atoms with Gasteiger partial charge in [0.1, 0.15) is 5.82 Å². The highest BCUT2D eigenvalue weighted by Crippen LogP contribution is 2.40. The van der Waals surface area contributed by atoms with E-state index < -0.39 is 0 Å². The minimum atomic E-state index is -0.302. The fraction of sp³-hybridized carbons (Fsp3) is 0.357. The Labute approximate surface area is 135 Å². The van der Waals surface area contributed by atoms with Crippen molar-refractivity contribution in [1.82, 2.24) is 30.4 Å². The summed E-state index contributed by atoms with van der Waals surface area (Å²) in [6, 6.07) is 6.36. The first-order valence-electron chi connectivity index (χ1n) is 7.24. The molecule has 118 valence electrons. The van der Waals surface area contributed by atoms with Crippen molar-refractivity contribution in [1.29, 1.82) is 0 Å². The van der Waals surface area contributed by atoms with Crippen LogP contribution >= 0.6 is 11.8 Å². The summed E-state index contributed by atoms with van der Waals surface area (Å²) in [6.45, 7) is 1.96. The standard InChI is InChI=1S/C14H13FN6OS/c1-8(23-14-18-19-20-21(14)11-6-7-11)12-16-17-13(22-12)9-2-4-10(15)5-3-9/h2-5,8,11H,6-7H2,1H3/t8-/m1/s1. The molecule has 2 heterocycles. The van der Waals surface area contributed by atoms with Gasteiger partial charge in [-0.05, 0) is 54.5 Å². The molecule has 0 amide bonds. The van der Waals surface area contributed by atoms with Gasteiger partial charge in [0.15, 0.2) is 0 Å². The highest BCUT2D eigenvalue weighted by atomic mass is 32.2. The lowest BCUT2D eigenvalue weighted by Gasteiger charge is -2.06. The van der Waals surface area contributed by atoms with E-state index in [1.165, 1.54) is 23.9 Å². The fourth-order valence-corrected chi connectivity index (χ4v) is 3.02.